The molecule has 0 aromatic carbocycles. The van der Waals surface area contributed by atoms with Crippen LogP contribution in [0.1, 0.15) is 79.1 Å². The number of carbonyl (C=O) groups excluding carboxylic acids is 2. The molecule has 194 valence electrons. The number of carbonyl (C=O) groups is 2. The van der Waals surface area contributed by atoms with E-state index < -0.39 is 28.7 Å². The molecular formula is C28H40O7. The Morgan fingerprint density at radius 1 is 1.11 bits per heavy atom. The molecule has 1 saturated heterocycles. The van der Waals surface area contributed by atoms with Crippen LogP contribution in [0.15, 0.2) is 11.1 Å². The number of epoxide rings is 1. The number of fused-ring (bicyclic) bond motifs is 4. The minimum Gasteiger partial charge on any atom is -0.458 e. The highest BCUT2D eigenvalue weighted by Gasteiger charge is 2.80. The SMILES string of the molecule is CC1=C(CO)C(=O)OC([C@@H](C)C2CC[C@]3(O)C4C[C@H]5O[C@]56C[C@@H](O)CC(=O)[C@]6(C)C4CC[C@]23C)C1. The Kier molecular flexibility index (Phi) is 5.09. The Labute approximate surface area is 207 Å². The summed E-state index contributed by atoms with van der Waals surface area (Å²) in [5, 5.41) is 32.4. The molecule has 5 fully saturated rings. The summed E-state index contributed by atoms with van der Waals surface area (Å²) in [5.74, 6) is -0.0157. The van der Waals surface area contributed by atoms with Crippen molar-refractivity contribution in [2.75, 3.05) is 6.61 Å². The van der Waals surface area contributed by atoms with E-state index in [0.29, 0.717) is 24.8 Å². The maximum Gasteiger partial charge on any atom is 0.336 e. The highest BCUT2D eigenvalue weighted by Crippen LogP contribution is 2.74. The van der Waals surface area contributed by atoms with E-state index in [2.05, 4.69) is 20.8 Å². The van der Waals surface area contributed by atoms with Crippen molar-refractivity contribution in [1.82, 2.24) is 0 Å². The van der Waals surface area contributed by atoms with Gasteiger partial charge in [0.2, 0.25) is 0 Å². The predicted octanol–water partition coefficient (Wildman–Crippen LogP) is 2.69. The van der Waals surface area contributed by atoms with E-state index in [4.69, 9.17) is 9.47 Å². The van der Waals surface area contributed by atoms with Crippen LogP contribution in [0.25, 0.3) is 0 Å². The van der Waals surface area contributed by atoms with Crippen LogP contribution in [-0.4, -0.2) is 63.2 Å². The van der Waals surface area contributed by atoms with Gasteiger partial charge in [0.25, 0.3) is 0 Å². The zero-order valence-electron chi connectivity index (χ0n) is 21.4. The van der Waals surface area contributed by atoms with E-state index in [1.54, 1.807) is 0 Å². The van der Waals surface area contributed by atoms with E-state index in [1.165, 1.54) is 0 Å². The molecule has 2 heterocycles. The Morgan fingerprint density at radius 2 is 1.86 bits per heavy atom. The molecule has 1 spiro atoms. The number of esters is 1. The minimum atomic E-state index is -0.897. The van der Waals surface area contributed by atoms with Gasteiger partial charge in [0.15, 0.2) is 0 Å². The summed E-state index contributed by atoms with van der Waals surface area (Å²) in [6, 6.07) is 0. The van der Waals surface area contributed by atoms with Gasteiger partial charge >= 0.3 is 5.97 Å². The molecule has 4 unspecified atom stereocenters. The minimum absolute atomic E-state index is 0.0141. The molecule has 2 aliphatic heterocycles. The number of aliphatic hydroxyl groups excluding tert-OH is 2. The number of ether oxygens (including phenoxy) is 2. The van der Waals surface area contributed by atoms with Crippen LogP contribution in [-0.2, 0) is 19.1 Å². The molecule has 0 radical (unpaired) electrons. The van der Waals surface area contributed by atoms with Gasteiger partial charge in [0, 0.05) is 19.3 Å². The van der Waals surface area contributed by atoms with Crippen molar-refractivity contribution in [3.05, 3.63) is 11.1 Å². The highest BCUT2D eigenvalue weighted by atomic mass is 16.6. The molecule has 6 rings (SSSR count). The molecule has 4 saturated carbocycles. The van der Waals surface area contributed by atoms with E-state index in [1.807, 2.05) is 6.92 Å². The lowest BCUT2D eigenvalue weighted by molar-refractivity contribution is -0.205. The van der Waals surface area contributed by atoms with Crippen molar-refractivity contribution >= 4 is 11.8 Å². The topological polar surface area (TPSA) is 117 Å². The van der Waals surface area contributed by atoms with E-state index >= 15 is 0 Å². The number of cyclic esters (lactones) is 1. The van der Waals surface area contributed by atoms with Gasteiger partial charge in [-0.2, -0.15) is 0 Å². The van der Waals surface area contributed by atoms with Gasteiger partial charge in [0.05, 0.1) is 35.4 Å². The van der Waals surface area contributed by atoms with Crippen LogP contribution < -0.4 is 0 Å². The summed E-state index contributed by atoms with van der Waals surface area (Å²) < 4.78 is 12.1. The van der Waals surface area contributed by atoms with Gasteiger partial charge in [0.1, 0.15) is 17.5 Å². The first kappa shape index (κ1) is 24.1. The fourth-order valence-corrected chi connectivity index (χ4v) is 9.94. The average molecular weight is 489 g/mol. The third-order valence-electron chi connectivity index (χ3n) is 12.1. The summed E-state index contributed by atoms with van der Waals surface area (Å²) in [6.07, 6.45) is 4.34. The second kappa shape index (κ2) is 7.40. The number of ketones is 1. The molecule has 7 nitrogen and oxygen atoms in total. The van der Waals surface area contributed by atoms with E-state index in [0.717, 1.165) is 31.3 Å². The maximum atomic E-state index is 13.4. The number of rotatable bonds is 3. The van der Waals surface area contributed by atoms with Crippen LogP contribution >= 0.6 is 0 Å². The normalized spacial score (nSPS) is 53.8. The largest absolute Gasteiger partial charge is 0.458 e. The van der Waals surface area contributed by atoms with Crippen molar-refractivity contribution in [2.45, 2.75) is 109 Å². The first-order valence-corrected chi connectivity index (χ1v) is 13.5. The van der Waals surface area contributed by atoms with Gasteiger partial charge in [-0.3, -0.25) is 4.79 Å². The van der Waals surface area contributed by atoms with Crippen LogP contribution in [0.4, 0.5) is 0 Å². The van der Waals surface area contributed by atoms with Gasteiger partial charge < -0.3 is 24.8 Å². The monoisotopic (exact) mass is 488 g/mol. The van der Waals surface area contributed by atoms with E-state index in [-0.39, 0.29) is 60.1 Å². The number of Topliss-reactive ketones (excluding diaryl/α,β-unsaturated/α-hetero) is 1. The third kappa shape index (κ3) is 2.82. The van der Waals surface area contributed by atoms with Gasteiger partial charge in [-0.15, -0.1) is 0 Å². The molecule has 6 aliphatic rings. The van der Waals surface area contributed by atoms with Crippen molar-refractivity contribution in [1.29, 1.82) is 0 Å². The lowest BCUT2D eigenvalue weighted by Gasteiger charge is -2.61. The first-order valence-electron chi connectivity index (χ1n) is 13.5. The van der Waals surface area contributed by atoms with Crippen molar-refractivity contribution in [3.8, 4) is 0 Å². The van der Waals surface area contributed by atoms with E-state index in [9.17, 15) is 24.9 Å². The predicted molar refractivity (Wildman–Crippen MR) is 126 cm³/mol. The molecule has 35 heavy (non-hydrogen) atoms. The van der Waals surface area contributed by atoms with Crippen molar-refractivity contribution in [3.63, 3.8) is 0 Å². The Bertz CT molecular complexity index is 1010. The standard InChI is InChI=1S/C28H40O7/c1-14-9-21(34-24(32)17(14)13-29)15(2)18-6-8-27(33)20-11-23-28(35-23)12-16(30)10-22(31)26(28,4)19(20)5-7-25(18,27)3/h15-16,18-21,23,29-30,33H,5-13H2,1-4H3/t15-,16-,18?,19?,20?,21?,23+,25+,26-,27-,28+/m0/s1. The smallest absolute Gasteiger partial charge is 0.336 e. The summed E-state index contributed by atoms with van der Waals surface area (Å²) in [7, 11) is 0. The fraction of sp³-hybridized carbons (Fsp3) is 0.857. The number of hydrogen-bond acceptors (Lipinski definition) is 7. The Morgan fingerprint density at radius 3 is 2.54 bits per heavy atom. The molecule has 0 amide bonds. The molecular weight excluding hydrogens is 448 g/mol. The second-order valence-electron chi connectivity index (χ2n) is 13.1. The van der Waals surface area contributed by atoms with Gasteiger partial charge in [-0.25, -0.2) is 4.79 Å². The zero-order valence-corrected chi connectivity index (χ0v) is 21.4. The third-order valence-corrected chi connectivity index (χ3v) is 12.1. The fourth-order valence-electron chi connectivity index (χ4n) is 9.94. The van der Waals surface area contributed by atoms with Crippen LogP contribution in [0, 0.1) is 34.5 Å². The van der Waals surface area contributed by atoms with Gasteiger partial charge in [-0.1, -0.05) is 19.4 Å². The highest BCUT2D eigenvalue weighted by molar-refractivity contribution is 5.90. The van der Waals surface area contributed by atoms with Gasteiger partial charge in [-0.05, 0) is 75.0 Å². The lowest BCUT2D eigenvalue weighted by Crippen LogP contribution is -2.67. The van der Waals surface area contributed by atoms with Crippen molar-refractivity contribution < 1.29 is 34.4 Å². The van der Waals surface area contributed by atoms with Crippen LogP contribution in [0.3, 0.4) is 0 Å². The molecule has 3 N–H and O–H groups in total. The summed E-state index contributed by atoms with van der Waals surface area (Å²) in [5.41, 5.74) is -1.18. The zero-order chi connectivity index (χ0) is 25.1. The summed E-state index contributed by atoms with van der Waals surface area (Å²) >= 11 is 0. The molecule has 11 atom stereocenters. The molecule has 0 aromatic heterocycles. The lowest BCUT2D eigenvalue weighted by atomic mass is 9.42. The summed E-state index contributed by atoms with van der Waals surface area (Å²) in [6.45, 7) is 8.01. The first-order chi connectivity index (χ1) is 16.4. The molecule has 7 heteroatoms. The average Bonchev–Trinajstić information content (AvgIpc) is 3.41. The Hall–Kier alpha value is -1.28. The van der Waals surface area contributed by atoms with Crippen LogP contribution in [0.5, 0.6) is 0 Å². The number of hydrogen-bond donors (Lipinski definition) is 3. The second-order valence-corrected chi connectivity index (χ2v) is 13.1. The van der Waals surface area contributed by atoms with Crippen molar-refractivity contribution in [2.24, 2.45) is 34.5 Å². The van der Waals surface area contributed by atoms with Crippen LogP contribution in [0.2, 0.25) is 0 Å². The molecule has 4 aliphatic carbocycles. The number of aliphatic hydroxyl groups is 3. The Balaban J connectivity index is 1.29. The maximum absolute atomic E-state index is 13.4. The quantitative estimate of drug-likeness (QED) is 0.413. The molecule has 0 aromatic rings. The molecule has 0 bridgehead atoms. The summed E-state index contributed by atoms with van der Waals surface area (Å²) in [4.78, 5) is 25.9.